The van der Waals surface area contributed by atoms with E-state index in [0.29, 0.717) is 5.96 Å². The fourth-order valence-electron chi connectivity index (χ4n) is 1.70. The number of hydrogen-bond donors (Lipinski definition) is 2. The third-order valence-electron chi connectivity index (χ3n) is 2.94. The third kappa shape index (κ3) is 5.22. The number of aromatic nitrogens is 2. The van der Waals surface area contributed by atoms with Crippen LogP contribution in [0.5, 0.6) is 0 Å². The van der Waals surface area contributed by atoms with Crippen LogP contribution in [0.3, 0.4) is 0 Å². The summed E-state index contributed by atoms with van der Waals surface area (Å²) in [6.45, 7) is 1.15. The molecule has 0 spiro atoms. The van der Waals surface area contributed by atoms with Crippen LogP contribution in [0.25, 0.3) is 0 Å². The third-order valence-corrected chi connectivity index (χ3v) is 2.94. The number of alkyl halides is 2. The molecule has 2 rings (SSSR count). The van der Waals surface area contributed by atoms with Crippen LogP contribution < -0.4 is 10.6 Å². The SMILES string of the molecule is CCNC(=NCc1nccn1C(F)F)NCC1CC1.I. The molecular formula is C12H20F2IN5. The van der Waals surface area contributed by atoms with E-state index < -0.39 is 6.55 Å². The highest BCUT2D eigenvalue weighted by Gasteiger charge is 2.21. The van der Waals surface area contributed by atoms with Crippen molar-refractivity contribution in [3.63, 3.8) is 0 Å². The zero-order valence-electron chi connectivity index (χ0n) is 11.4. The van der Waals surface area contributed by atoms with Crippen molar-refractivity contribution in [1.82, 2.24) is 20.2 Å². The number of imidazole rings is 1. The molecule has 1 aromatic rings. The Morgan fingerprint density at radius 2 is 2.25 bits per heavy atom. The van der Waals surface area contributed by atoms with Crippen molar-refractivity contribution in [2.45, 2.75) is 32.9 Å². The second-order valence-electron chi connectivity index (χ2n) is 4.55. The molecule has 1 aromatic heterocycles. The normalized spacial score (nSPS) is 15.1. The smallest absolute Gasteiger partial charge is 0.319 e. The lowest BCUT2D eigenvalue weighted by atomic mass is 10.4. The van der Waals surface area contributed by atoms with Gasteiger partial charge >= 0.3 is 6.55 Å². The Morgan fingerprint density at radius 3 is 2.85 bits per heavy atom. The fourth-order valence-corrected chi connectivity index (χ4v) is 1.70. The fraction of sp³-hybridized carbons (Fsp3) is 0.667. The zero-order chi connectivity index (χ0) is 13.7. The van der Waals surface area contributed by atoms with Crippen molar-refractivity contribution in [2.24, 2.45) is 10.9 Å². The van der Waals surface area contributed by atoms with E-state index in [1.807, 2.05) is 6.92 Å². The summed E-state index contributed by atoms with van der Waals surface area (Å²) in [5.41, 5.74) is 0. The van der Waals surface area contributed by atoms with Gasteiger partial charge in [-0.2, -0.15) is 8.78 Å². The van der Waals surface area contributed by atoms with Crippen molar-refractivity contribution >= 4 is 29.9 Å². The largest absolute Gasteiger partial charge is 0.357 e. The lowest BCUT2D eigenvalue weighted by Gasteiger charge is -2.11. The van der Waals surface area contributed by atoms with Crippen molar-refractivity contribution in [2.75, 3.05) is 13.1 Å². The Hall–Kier alpha value is -0.930. The number of halogens is 3. The van der Waals surface area contributed by atoms with Crippen LogP contribution in [0.2, 0.25) is 0 Å². The van der Waals surface area contributed by atoms with Gasteiger partial charge in [-0.1, -0.05) is 0 Å². The summed E-state index contributed by atoms with van der Waals surface area (Å²) in [5, 5.41) is 6.30. The number of nitrogens with zero attached hydrogens (tertiary/aromatic N) is 3. The van der Waals surface area contributed by atoms with Crippen LogP contribution in [0.15, 0.2) is 17.4 Å². The van der Waals surface area contributed by atoms with Gasteiger partial charge in [0.2, 0.25) is 0 Å². The first kappa shape index (κ1) is 17.1. The minimum atomic E-state index is -2.57. The monoisotopic (exact) mass is 399 g/mol. The van der Waals surface area contributed by atoms with Crippen LogP contribution in [0.1, 0.15) is 32.1 Å². The van der Waals surface area contributed by atoms with E-state index in [0.717, 1.165) is 23.6 Å². The summed E-state index contributed by atoms with van der Waals surface area (Å²) in [6.07, 6.45) is 5.13. The van der Waals surface area contributed by atoms with Gasteiger partial charge < -0.3 is 10.6 Å². The highest BCUT2D eigenvalue weighted by Crippen LogP contribution is 2.27. The van der Waals surface area contributed by atoms with Gasteiger partial charge in [0.25, 0.3) is 0 Å². The maximum Gasteiger partial charge on any atom is 0.319 e. The van der Waals surface area contributed by atoms with E-state index in [9.17, 15) is 8.78 Å². The van der Waals surface area contributed by atoms with Crippen LogP contribution in [0, 0.1) is 5.92 Å². The summed E-state index contributed by atoms with van der Waals surface area (Å²) in [4.78, 5) is 8.17. The van der Waals surface area contributed by atoms with Gasteiger partial charge in [-0.05, 0) is 25.7 Å². The van der Waals surface area contributed by atoms with Gasteiger partial charge in [-0.3, -0.25) is 4.57 Å². The van der Waals surface area contributed by atoms with E-state index >= 15 is 0 Å². The molecule has 1 aliphatic rings. The molecule has 0 aromatic carbocycles. The highest BCUT2D eigenvalue weighted by molar-refractivity contribution is 14.0. The molecule has 2 N–H and O–H groups in total. The molecule has 0 saturated heterocycles. The van der Waals surface area contributed by atoms with Gasteiger partial charge in [0, 0.05) is 25.5 Å². The van der Waals surface area contributed by atoms with Crippen LogP contribution in [-0.4, -0.2) is 28.6 Å². The lowest BCUT2D eigenvalue weighted by molar-refractivity contribution is 0.0671. The Bertz CT molecular complexity index is 431. The quantitative estimate of drug-likeness (QED) is 0.439. The second-order valence-corrected chi connectivity index (χ2v) is 4.55. The molecule has 0 amide bonds. The molecule has 0 atom stereocenters. The van der Waals surface area contributed by atoms with Gasteiger partial charge in [0.15, 0.2) is 5.96 Å². The van der Waals surface area contributed by atoms with Crippen LogP contribution in [-0.2, 0) is 6.54 Å². The van der Waals surface area contributed by atoms with Crippen LogP contribution >= 0.6 is 24.0 Å². The minimum absolute atomic E-state index is 0. The maximum absolute atomic E-state index is 12.6. The van der Waals surface area contributed by atoms with Crippen molar-refractivity contribution in [3.8, 4) is 0 Å². The molecule has 114 valence electrons. The average Bonchev–Trinajstić information content (AvgIpc) is 3.08. The lowest BCUT2D eigenvalue weighted by Crippen LogP contribution is -2.38. The number of hydrogen-bond acceptors (Lipinski definition) is 2. The van der Waals surface area contributed by atoms with Gasteiger partial charge in [-0.25, -0.2) is 9.98 Å². The molecule has 1 heterocycles. The molecule has 1 fully saturated rings. The molecule has 20 heavy (non-hydrogen) atoms. The van der Waals surface area contributed by atoms with E-state index in [1.54, 1.807) is 0 Å². The van der Waals surface area contributed by atoms with E-state index in [2.05, 4.69) is 20.6 Å². The Morgan fingerprint density at radius 1 is 1.50 bits per heavy atom. The van der Waals surface area contributed by atoms with Crippen molar-refractivity contribution < 1.29 is 8.78 Å². The first-order valence-corrected chi connectivity index (χ1v) is 6.52. The summed E-state index contributed by atoms with van der Waals surface area (Å²) in [5.74, 6) is 1.64. The minimum Gasteiger partial charge on any atom is -0.357 e. The van der Waals surface area contributed by atoms with Gasteiger partial charge in [-0.15, -0.1) is 24.0 Å². The molecule has 8 heteroatoms. The summed E-state index contributed by atoms with van der Waals surface area (Å²) < 4.78 is 26.1. The Balaban J connectivity index is 0.00000200. The number of rotatable bonds is 6. The number of aliphatic imine (C=N–C) groups is 1. The standard InChI is InChI=1S/C12H19F2N5.HI/c1-2-15-12(17-7-9-3-4-9)18-8-10-16-5-6-19(10)11(13)14;/h5-6,9,11H,2-4,7-8H2,1H3,(H2,15,17,18);1H. The molecule has 0 unspecified atom stereocenters. The molecule has 0 aliphatic heterocycles. The first-order chi connectivity index (χ1) is 9.20. The molecule has 0 bridgehead atoms. The highest BCUT2D eigenvalue weighted by atomic mass is 127. The van der Waals surface area contributed by atoms with Crippen molar-refractivity contribution in [1.29, 1.82) is 0 Å². The maximum atomic E-state index is 12.6. The summed E-state index contributed by atoms with van der Waals surface area (Å²) in [6, 6.07) is 0. The zero-order valence-corrected chi connectivity index (χ0v) is 13.7. The van der Waals surface area contributed by atoms with Gasteiger partial charge in [0.1, 0.15) is 12.4 Å². The second kappa shape index (κ2) is 8.38. The topological polar surface area (TPSA) is 54.2 Å². The Labute approximate surface area is 134 Å². The molecule has 1 saturated carbocycles. The molecule has 5 nitrogen and oxygen atoms in total. The molecule has 0 radical (unpaired) electrons. The van der Waals surface area contributed by atoms with Crippen molar-refractivity contribution in [3.05, 3.63) is 18.2 Å². The number of guanidine groups is 1. The van der Waals surface area contributed by atoms with Gasteiger partial charge in [0.05, 0.1) is 0 Å². The molecular weight excluding hydrogens is 379 g/mol. The Kier molecular flexibility index (Phi) is 7.17. The molecule has 1 aliphatic carbocycles. The van der Waals surface area contributed by atoms with E-state index in [4.69, 9.17) is 0 Å². The van der Waals surface area contributed by atoms with E-state index in [1.165, 1.54) is 25.2 Å². The number of nitrogens with one attached hydrogen (secondary N) is 2. The predicted molar refractivity (Wildman–Crippen MR) is 84.4 cm³/mol. The predicted octanol–water partition coefficient (Wildman–Crippen LogP) is 2.36. The summed E-state index contributed by atoms with van der Waals surface area (Å²) in [7, 11) is 0. The van der Waals surface area contributed by atoms with Crippen LogP contribution in [0.4, 0.5) is 8.78 Å². The van der Waals surface area contributed by atoms with E-state index in [-0.39, 0.29) is 36.3 Å². The first-order valence-electron chi connectivity index (χ1n) is 6.52. The average molecular weight is 399 g/mol. The summed E-state index contributed by atoms with van der Waals surface area (Å²) >= 11 is 0.